The number of rotatable bonds is 5. The van der Waals surface area contributed by atoms with E-state index in [2.05, 4.69) is 10.5 Å². The lowest BCUT2D eigenvalue weighted by molar-refractivity contribution is -0.128. The molecule has 1 aromatic heterocycles. The topological polar surface area (TPSA) is 77.0 Å². The van der Waals surface area contributed by atoms with Crippen LogP contribution < -0.4 is 10.1 Å². The first-order valence-corrected chi connectivity index (χ1v) is 10.4. The van der Waals surface area contributed by atoms with E-state index in [4.69, 9.17) is 9.57 Å². The number of carbonyl (C=O) groups excluding carboxylic acids is 2. The summed E-state index contributed by atoms with van der Waals surface area (Å²) in [7, 11) is 1.51. The fraction of sp³-hybridized carbons (Fsp3) is 0.174. The highest BCUT2D eigenvalue weighted by Crippen LogP contribution is 2.37. The van der Waals surface area contributed by atoms with Gasteiger partial charge in [0.05, 0.1) is 12.0 Å². The van der Waals surface area contributed by atoms with E-state index in [1.165, 1.54) is 13.2 Å². The molecule has 164 valence electrons. The molecule has 0 bridgehead atoms. The van der Waals surface area contributed by atoms with E-state index < -0.39 is 28.8 Å². The van der Waals surface area contributed by atoms with Gasteiger partial charge in [0.25, 0.3) is 5.91 Å². The van der Waals surface area contributed by atoms with Gasteiger partial charge in [0.2, 0.25) is 5.78 Å². The van der Waals surface area contributed by atoms with Crippen molar-refractivity contribution in [2.24, 2.45) is 5.16 Å². The molecule has 0 aliphatic carbocycles. The maximum absolute atomic E-state index is 13.9. The summed E-state index contributed by atoms with van der Waals surface area (Å²) in [6.45, 7) is 3.28. The fourth-order valence-electron chi connectivity index (χ4n) is 3.16. The van der Waals surface area contributed by atoms with Crippen LogP contribution in [0.1, 0.15) is 29.1 Å². The molecule has 0 radical (unpaired) electrons. The van der Waals surface area contributed by atoms with Crippen molar-refractivity contribution in [3.05, 3.63) is 70.6 Å². The minimum absolute atomic E-state index is 0.198. The Hall–Kier alpha value is -3.59. The molecule has 4 rings (SSSR count). The Morgan fingerprint density at radius 3 is 2.47 bits per heavy atom. The van der Waals surface area contributed by atoms with Crippen LogP contribution in [0, 0.1) is 11.6 Å². The third-order valence-corrected chi connectivity index (χ3v) is 6.01. The van der Waals surface area contributed by atoms with Crippen LogP contribution in [-0.4, -0.2) is 30.1 Å². The van der Waals surface area contributed by atoms with Gasteiger partial charge in [0.1, 0.15) is 23.1 Å². The number of benzene rings is 2. The van der Waals surface area contributed by atoms with Crippen LogP contribution in [0.25, 0.3) is 10.4 Å². The van der Waals surface area contributed by atoms with Crippen molar-refractivity contribution in [3.8, 4) is 16.2 Å². The van der Waals surface area contributed by atoms with Crippen LogP contribution in [0.3, 0.4) is 0 Å². The summed E-state index contributed by atoms with van der Waals surface area (Å²) in [5.74, 6) is -2.10. The van der Waals surface area contributed by atoms with Gasteiger partial charge in [0, 0.05) is 16.0 Å². The molecule has 1 aliphatic heterocycles. The van der Waals surface area contributed by atoms with Crippen LogP contribution in [0.15, 0.2) is 53.7 Å². The summed E-state index contributed by atoms with van der Waals surface area (Å²) in [6, 6.07) is 11.7. The molecule has 0 saturated carbocycles. The van der Waals surface area contributed by atoms with Gasteiger partial charge < -0.3 is 14.9 Å². The molecule has 0 unspecified atom stereocenters. The largest absolute Gasteiger partial charge is 0.496 e. The SMILES string of the molecule is COc1ccc(C2=NOC(C)(C)C2=O)cc1-c1ccc(C(=O)Nc2c(F)cccc2F)s1. The van der Waals surface area contributed by atoms with E-state index in [0.29, 0.717) is 21.8 Å². The van der Waals surface area contributed by atoms with E-state index in [0.717, 1.165) is 23.5 Å². The number of anilines is 1. The third-order valence-electron chi connectivity index (χ3n) is 4.90. The number of hydrogen-bond acceptors (Lipinski definition) is 6. The Balaban J connectivity index is 1.65. The number of oxime groups is 1. The van der Waals surface area contributed by atoms with Gasteiger partial charge in [-0.15, -0.1) is 11.3 Å². The Morgan fingerprint density at radius 1 is 1.12 bits per heavy atom. The van der Waals surface area contributed by atoms with Crippen molar-refractivity contribution in [2.75, 3.05) is 12.4 Å². The predicted molar refractivity (Wildman–Crippen MR) is 117 cm³/mol. The van der Waals surface area contributed by atoms with Gasteiger partial charge in [0.15, 0.2) is 11.3 Å². The number of thiophene rings is 1. The molecule has 0 atom stereocenters. The number of methoxy groups -OCH3 is 1. The van der Waals surface area contributed by atoms with Crippen LogP contribution in [0.4, 0.5) is 14.5 Å². The summed E-state index contributed by atoms with van der Waals surface area (Å²) >= 11 is 1.11. The number of ketones is 1. The number of nitrogens with one attached hydrogen (secondary N) is 1. The second kappa shape index (κ2) is 8.16. The molecule has 1 amide bonds. The standard InChI is InChI=1S/C23H18F2N2O4S/c1-23(2)21(28)19(27-31-23)12-7-8-16(30-3)13(11-12)17-9-10-18(32-17)22(29)26-20-14(24)5-4-6-15(20)25/h4-11H,1-3H3,(H,26,29). The number of halogens is 2. The maximum Gasteiger partial charge on any atom is 0.265 e. The van der Waals surface area contributed by atoms with Crippen LogP contribution in [0.2, 0.25) is 0 Å². The van der Waals surface area contributed by atoms with E-state index in [1.54, 1.807) is 44.2 Å². The Morgan fingerprint density at radius 2 is 1.84 bits per heavy atom. The van der Waals surface area contributed by atoms with Gasteiger partial charge in [-0.2, -0.15) is 0 Å². The molecule has 0 fully saturated rings. The number of Topliss-reactive ketones (excluding diaryl/α,β-unsaturated/α-hetero) is 1. The Bertz CT molecular complexity index is 1250. The lowest BCUT2D eigenvalue weighted by Crippen LogP contribution is -2.33. The highest BCUT2D eigenvalue weighted by atomic mass is 32.1. The average Bonchev–Trinajstić information content (AvgIpc) is 3.36. The maximum atomic E-state index is 13.9. The highest BCUT2D eigenvalue weighted by Gasteiger charge is 2.40. The number of ether oxygens (including phenoxy) is 1. The van der Waals surface area contributed by atoms with Gasteiger partial charge in [-0.3, -0.25) is 9.59 Å². The van der Waals surface area contributed by atoms with Crippen LogP contribution >= 0.6 is 11.3 Å². The number of carbonyl (C=O) groups is 2. The number of amides is 1. The number of hydrogen-bond donors (Lipinski definition) is 1. The summed E-state index contributed by atoms with van der Waals surface area (Å²) in [6.07, 6.45) is 0. The molecule has 32 heavy (non-hydrogen) atoms. The van der Waals surface area contributed by atoms with Crippen molar-refractivity contribution < 1.29 is 27.9 Å². The van der Waals surface area contributed by atoms with Gasteiger partial charge in [-0.1, -0.05) is 11.2 Å². The molecule has 1 N–H and O–H groups in total. The Labute approximate surface area is 186 Å². The smallest absolute Gasteiger partial charge is 0.265 e. The monoisotopic (exact) mass is 456 g/mol. The molecule has 6 nitrogen and oxygen atoms in total. The highest BCUT2D eigenvalue weighted by molar-refractivity contribution is 7.17. The van der Waals surface area contributed by atoms with Crippen molar-refractivity contribution in [2.45, 2.75) is 19.4 Å². The zero-order valence-electron chi connectivity index (χ0n) is 17.4. The average molecular weight is 456 g/mol. The normalized spacial score (nSPS) is 14.7. The predicted octanol–water partition coefficient (Wildman–Crippen LogP) is 5.04. The molecular weight excluding hydrogens is 438 g/mol. The first kappa shape index (κ1) is 21.6. The van der Waals surface area contributed by atoms with Gasteiger partial charge in [-0.25, -0.2) is 8.78 Å². The quantitative estimate of drug-likeness (QED) is 0.584. The minimum Gasteiger partial charge on any atom is -0.496 e. The van der Waals surface area contributed by atoms with Crippen molar-refractivity contribution in [1.82, 2.24) is 0 Å². The fourth-order valence-corrected chi connectivity index (χ4v) is 4.08. The summed E-state index contributed by atoms with van der Waals surface area (Å²) in [5.41, 5.74) is -0.169. The first-order chi connectivity index (χ1) is 15.2. The zero-order chi connectivity index (χ0) is 23.0. The van der Waals surface area contributed by atoms with Crippen LogP contribution in [-0.2, 0) is 9.63 Å². The molecule has 2 aromatic carbocycles. The third kappa shape index (κ3) is 3.87. The van der Waals surface area contributed by atoms with E-state index in [9.17, 15) is 18.4 Å². The van der Waals surface area contributed by atoms with E-state index in [-0.39, 0.29) is 16.4 Å². The Kier molecular flexibility index (Phi) is 5.52. The lowest BCUT2D eigenvalue weighted by atomic mass is 9.95. The molecule has 0 saturated heterocycles. The van der Waals surface area contributed by atoms with Crippen molar-refractivity contribution >= 4 is 34.4 Å². The zero-order valence-corrected chi connectivity index (χ0v) is 18.2. The molecule has 1 aliphatic rings. The summed E-state index contributed by atoms with van der Waals surface area (Å²) in [4.78, 5) is 31.3. The van der Waals surface area contributed by atoms with Gasteiger partial charge >= 0.3 is 0 Å². The van der Waals surface area contributed by atoms with Crippen molar-refractivity contribution in [3.63, 3.8) is 0 Å². The molecule has 9 heteroatoms. The number of para-hydroxylation sites is 1. The molecule has 0 spiro atoms. The van der Waals surface area contributed by atoms with E-state index >= 15 is 0 Å². The summed E-state index contributed by atoms with van der Waals surface area (Å²) in [5, 5.41) is 6.19. The summed E-state index contributed by atoms with van der Waals surface area (Å²) < 4.78 is 33.1. The number of nitrogens with zero attached hydrogens (tertiary/aromatic N) is 1. The molecule has 2 heterocycles. The van der Waals surface area contributed by atoms with Crippen molar-refractivity contribution in [1.29, 1.82) is 0 Å². The second-order valence-electron chi connectivity index (χ2n) is 7.50. The lowest BCUT2D eigenvalue weighted by Gasteiger charge is -2.12. The molecule has 3 aromatic rings. The van der Waals surface area contributed by atoms with E-state index in [1.807, 2.05) is 0 Å². The second-order valence-corrected chi connectivity index (χ2v) is 8.58. The molecular formula is C23H18F2N2O4S. The first-order valence-electron chi connectivity index (χ1n) is 9.56. The van der Waals surface area contributed by atoms with Crippen LogP contribution in [0.5, 0.6) is 5.75 Å². The van der Waals surface area contributed by atoms with Gasteiger partial charge in [-0.05, 0) is 56.3 Å². The minimum atomic E-state index is -1.04.